The Balaban J connectivity index is 1.82. The molecule has 0 radical (unpaired) electrons. The van der Waals surface area contributed by atoms with Crippen LogP contribution in [-0.2, 0) is 0 Å². The van der Waals surface area contributed by atoms with Gasteiger partial charge in [-0.3, -0.25) is 10.1 Å². The lowest BCUT2D eigenvalue weighted by atomic mass is 10.1. The van der Waals surface area contributed by atoms with Gasteiger partial charge in [-0.25, -0.2) is 0 Å². The second kappa shape index (κ2) is 8.45. The van der Waals surface area contributed by atoms with Crippen LogP contribution in [0.2, 0.25) is 0 Å². The molecular weight excluding hydrogens is 430 g/mol. The number of hydrogen-bond acceptors (Lipinski definition) is 5. The van der Waals surface area contributed by atoms with Crippen LogP contribution in [-0.4, -0.2) is 10.0 Å². The number of ether oxygens (including phenoxy) is 1. The molecule has 0 aromatic heterocycles. The second-order valence-corrected chi connectivity index (χ2v) is 7.83. The van der Waals surface area contributed by atoms with Crippen molar-refractivity contribution in [3.8, 4) is 11.5 Å². The minimum atomic E-state index is -0.417. The zero-order chi connectivity index (χ0) is 19.4. The number of hydrogen-bond donors (Lipinski definition) is 1. The van der Waals surface area contributed by atoms with Crippen LogP contribution in [0.1, 0.15) is 18.6 Å². The van der Waals surface area contributed by atoms with Gasteiger partial charge in [0.1, 0.15) is 17.6 Å². The van der Waals surface area contributed by atoms with Crippen LogP contribution in [0, 0.1) is 10.1 Å². The van der Waals surface area contributed by atoms with Gasteiger partial charge >= 0.3 is 0 Å². The Morgan fingerprint density at radius 2 is 1.85 bits per heavy atom. The number of phenolic OH excluding ortho intramolecular Hbond substituents is 1. The number of nitro groups is 1. The SMILES string of the molecule is C[C@H](Oc1ccc(Sc2ccc(O)cc2)c([N+](=O)[O-])c1)c1cccc(Br)c1. The molecule has 0 aliphatic rings. The minimum absolute atomic E-state index is 0.0213. The van der Waals surface area contributed by atoms with Crippen LogP contribution in [0.15, 0.2) is 81.0 Å². The zero-order valence-corrected chi connectivity index (χ0v) is 16.7. The van der Waals surface area contributed by atoms with Crippen LogP contribution in [0.5, 0.6) is 11.5 Å². The Bertz CT molecular complexity index is 962. The Morgan fingerprint density at radius 1 is 1.11 bits per heavy atom. The molecule has 1 atom stereocenters. The van der Waals surface area contributed by atoms with Gasteiger partial charge in [-0.2, -0.15) is 0 Å². The summed E-state index contributed by atoms with van der Waals surface area (Å²) in [6.07, 6.45) is -0.252. The first kappa shape index (κ1) is 19.3. The number of aromatic hydroxyl groups is 1. The summed E-state index contributed by atoms with van der Waals surface area (Å²) in [5, 5.41) is 20.9. The quantitative estimate of drug-likeness (QED) is 0.353. The van der Waals surface area contributed by atoms with E-state index < -0.39 is 4.92 Å². The van der Waals surface area contributed by atoms with Gasteiger partial charge < -0.3 is 9.84 Å². The molecule has 1 N–H and O–H groups in total. The van der Waals surface area contributed by atoms with Gasteiger partial charge in [-0.05, 0) is 61.0 Å². The van der Waals surface area contributed by atoms with Gasteiger partial charge in [0.25, 0.3) is 5.69 Å². The molecule has 0 saturated carbocycles. The predicted octanol–water partition coefficient (Wildman–Crippen LogP) is 6.35. The average Bonchev–Trinajstić information content (AvgIpc) is 2.64. The summed E-state index contributed by atoms with van der Waals surface area (Å²) < 4.78 is 6.85. The molecule has 0 bridgehead atoms. The molecule has 138 valence electrons. The monoisotopic (exact) mass is 445 g/mol. The first-order valence-corrected chi connectivity index (χ1v) is 9.71. The maximum atomic E-state index is 11.5. The van der Waals surface area contributed by atoms with Crippen molar-refractivity contribution in [2.45, 2.75) is 22.8 Å². The molecular formula is C20H16BrNO4S. The zero-order valence-electron chi connectivity index (χ0n) is 14.3. The summed E-state index contributed by atoms with van der Waals surface area (Å²) in [6.45, 7) is 1.90. The van der Waals surface area contributed by atoms with Gasteiger partial charge in [0, 0.05) is 9.37 Å². The molecule has 7 heteroatoms. The number of phenols is 1. The van der Waals surface area contributed by atoms with E-state index in [4.69, 9.17) is 4.74 Å². The number of nitro benzene ring substituents is 1. The Morgan fingerprint density at radius 3 is 2.52 bits per heavy atom. The fourth-order valence-electron chi connectivity index (χ4n) is 2.47. The fourth-order valence-corrected chi connectivity index (χ4v) is 3.79. The molecule has 0 saturated heterocycles. The smallest absolute Gasteiger partial charge is 0.286 e. The summed E-state index contributed by atoms with van der Waals surface area (Å²) in [5.74, 6) is 0.586. The summed E-state index contributed by atoms with van der Waals surface area (Å²) in [7, 11) is 0. The molecule has 0 amide bonds. The first-order chi connectivity index (χ1) is 12.9. The highest BCUT2D eigenvalue weighted by Crippen LogP contribution is 2.38. The highest BCUT2D eigenvalue weighted by atomic mass is 79.9. The highest BCUT2D eigenvalue weighted by molar-refractivity contribution is 9.10. The van der Waals surface area contributed by atoms with E-state index in [-0.39, 0.29) is 17.5 Å². The summed E-state index contributed by atoms with van der Waals surface area (Å²) in [4.78, 5) is 12.4. The van der Waals surface area contributed by atoms with Crippen LogP contribution in [0.25, 0.3) is 0 Å². The average molecular weight is 446 g/mol. The van der Waals surface area contributed by atoms with E-state index in [1.165, 1.54) is 17.8 Å². The van der Waals surface area contributed by atoms with E-state index in [0.717, 1.165) is 14.9 Å². The van der Waals surface area contributed by atoms with Crippen LogP contribution < -0.4 is 4.74 Å². The normalized spacial score (nSPS) is 11.8. The van der Waals surface area contributed by atoms with E-state index >= 15 is 0 Å². The Hall–Kier alpha value is -2.51. The maximum absolute atomic E-state index is 11.5. The summed E-state index contributed by atoms with van der Waals surface area (Å²) >= 11 is 4.69. The molecule has 3 aromatic carbocycles. The minimum Gasteiger partial charge on any atom is -0.508 e. The lowest BCUT2D eigenvalue weighted by Crippen LogP contribution is -2.03. The second-order valence-electron chi connectivity index (χ2n) is 5.80. The van der Waals surface area contributed by atoms with E-state index in [9.17, 15) is 15.2 Å². The van der Waals surface area contributed by atoms with Gasteiger partial charge in [-0.15, -0.1) is 0 Å². The van der Waals surface area contributed by atoms with Crippen molar-refractivity contribution in [3.63, 3.8) is 0 Å². The summed E-state index contributed by atoms with van der Waals surface area (Å²) in [5.41, 5.74) is 0.946. The number of halogens is 1. The molecule has 3 rings (SSSR count). The van der Waals surface area contributed by atoms with Crippen molar-refractivity contribution >= 4 is 33.4 Å². The van der Waals surface area contributed by atoms with E-state index in [1.807, 2.05) is 31.2 Å². The molecule has 0 unspecified atom stereocenters. The third kappa shape index (κ3) is 5.02. The topological polar surface area (TPSA) is 72.6 Å². The number of nitrogens with zero attached hydrogens (tertiary/aromatic N) is 1. The van der Waals surface area contributed by atoms with Crippen LogP contribution >= 0.6 is 27.7 Å². The highest BCUT2D eigenvalue weighted by Gasteiger charge is 2.18. The van der Waals surface area contributed by atoms with Crippen molar-refractivity contribution in [3.05, 3.63) is 86.9 Å². The van der Waals surface area contributed by atoms with Gasteiger partial charge in [-0.1, -0.05) is 39.8 Å². The van der Waals surface area contributed by atoms with Crippen molar-refractivity contribution in [2.24, 2.45) is 0 Å². The third-order valence-corrected chi connectivity index (χ3v) is 5.39. The molecule has 27 heavy (non-hydrogen) atoms. The van der Waals surface area contributed by atoms with Crippen molar-refractivity contribution < 1.29 is 14.8 Å². The number of benzene rings is 3. The molecule has 3 aromatic rings. The number of rotatable bonds is 6. The van der Waals surface area contributed by atoms with Crippen LogP contribution in [0.4, 0.5) is 5.69 Å². The van der Waals surface area contributed by atoms with E-state index in [1.54, 1.807) is 36.4 Å². The third-order valence-electron chi connectivity index (χ3n) is 3.82. The molecule has 0 spiro atoms. The van der Waals surface area contributed by atoms with Crippen LogP contribution in [0.3, 0.4) is 0 Å². The van der Waals surface area contributed by atoms with E-state index in [2.05, 4.69) is 15.9 Å². The van der Waals surface area contributed by atoms with Crippen molar-refractivity contribution in [2.75, 3.05) is 0 Å². The van der Waals surface area contributed by atoms with Crippen molar-refractivity contribution in [1.82, 2.24) is 0 Å². The molecule has 5 nitrogen and oxygen atoms in total. The van der Waals surface area contributed by atoms with E-state index in [0.29, 0.717) is 10.6 Å². The van der Waals surface area contributed by atoms with Gasteiger partial charge in [0.15, 0.2) is 0 Å². The maximum Gasteiger partial charge on any atom is 0.286 e. The lowest BCUT2D eigenvalue weighted by Gasteiger charge is -2.16. The van der Waals surface area contributed by atoms with Gasteiger partial charge in [0.2, 0.25) is 0 Å². The molecule has 0 aliphatic carbocycles. The summed E-state index contributed by atoms with van der Waals surface area (Å²) in [6, 6.07) is 19.1. The predicted molar refractivity (Wildman–Crippen MR) is 109 cm³/mol. The first-order valence-electron chi connectivity index (χ1n) is 8.10. The Labute approximate surface area is 169 Å². The Kier molecular flexibility index (Phi) is 6.03. The van der Waals surface area contributed by atoms with Gasteiger partial charge in [0.05, 0.1) is 15.9 Å². The fraction of sp³-hybridized carbons (Fsp3) is 0.100. The standard InChI is InChI=1S/C20H16BrNO4S/c1-13(14-3-2-4-15(21)11-14)26-17-7-10-20(19(12-17)22(24)25)27-18-8-5-16(23)6-9-18/h2-13,23H,1H3/t13-/m0/s1. The molecule has 0 heterocycles. The lowest BCUT2D eigenvalue weighted by molar-refractivity contribution is -0.387. The van der Waals surface area contributed by atoms with Crippen molar-refractivity contribution in [1.29, 1.82) is 0 Å². The molecule has 0 aliphatic heterocycles. The largest absolute Gasteiger partial charge is 0.508 e. The molecule has 0 fully saturated rings.